The zero-order chi connectivity index (χ0) is 22.9. The molecule has 10 heteroatoms. The van der Waals surface area contributed by atoms with Crippen molar-refractivity contribution in [3.63, 3.8) is 0 Å². The van der Waals surface area contributed by atoms with Crippen LogP contribution in [0.3, 0.4) is 0 Å². The van der Waals surface area contributed by atoms with E-state index in [0.717, 1.165) is 16.1 Å². The number of amides is 3. The minimum Gasteiger partial charge on any atom is -0.339 e. The summed E-state index contributed by atoms with van der Waals surface area (Å²) >= 11 is 6.04. The van der Waals surface area contributed by atoms with E-state index in [2.05, 4.69) is 0 Å². The lowest BCUT2D eigenvalue weighted by molar-refractivity contribution is -0.134. The molecule has 164 valence electrons. The van der Waals surface area contributed by atoms with E-state index in [1.807, 2.05) is 0 Å². The van der Waals surface area contributed by atoms with Crippen LogP contribution in [-0.2, 0) is 21.2 Å². The molecular formula is C21H20ClFN2O5S. The van der Waals surface area contributed by atoms with Gasteiger partial charge in [0.1, 0.15) is 21.7 Å². The van der Waals surface area contributed by atoms with Crippen LogP contribution < -0.4 is 0 Å². The van der Waals surface area contributed by atoms with Crippen molar-refractivity contribution in [2.75, 3.05) is 19.1 Å². The van der Waals surface area contributed by atoms with E-state index >= 15 is 0 Å². The van der Waals surface area contributed by atoms with E-state index in [1.165, 1.54) is 37.4 Å². The van der Waals surface area contributed by atoms with Crippen molar-refractivity contribution in [1.82, 2.24) is 9.80 Å². The molecule has 2 aromatic carbocycles. The molecule has 1 aliphatic rings. The molecule has 0 unspecified atom stereocenters. The van der Waals surface area contributed by atoms with Crippen LogP contribution in [0.4, 0.5) is 4.39 Å². The van der Waals surface area contributed by atoms with E-state index in [4.69, 9.17) is 11.6 Å². The standard InChI is InChI=1S/C21H20ClFN2O5S/c1-24(12-15-16(22)8-5-9-17(15)23)21(28)18(10-11-31(2,29)30)25-19(26)13-6-3-4-7-14(13)20(25)27/h3-9,18H,10-12H2,1-2H3/t18-/m0/s1. The molecule has 31 heavy (non-hydrogen) atoms. The van der Waals surface area contributed by atoms with Gasteiger partial charge in [-0.3, -0.25) is 19.3 Å². The number of carbonyl (C=O) groups is 3. The third kappa shape index (κ3) is 4.77. The van der Waals surface area contributed by atoms with Crippen molar-refractivity contribution >= 4 is 39.2 Å². The van der Waals surface area contributed by atoms with Crippen LogP contribution >= 0.6 is 11.6 Å². The summed E-state index contributed by atoms with van der Waals surface area (Å²) in [4.78, 5) is 40.9. The second kappa shape index (κ2) is 8.76. The van der Waals surface area contributed by atoms with Gasteiger partial charge in [0, 0.05) is 30.4 Å². The Morgan fingerprint density at radius 1 is 1.10 bits per heavy atom. The Morgan fingerprint density at radius 2 is 1.68 bits per heavy atom. The van der Waals surface area contributed by atoms with Gasteiger partial charge < -0.3 is 4.90 Å². The Hall–Kier alpha value is -2.78. The van der Waals surface area contributed by atoms with Gasteiger partial charge in [-0.05, 0) is 30.7 Å². The molecule has 0 N–H and O–H groups in total. The Bertz CT molecular complexity index is 1110. The van der Waals surface area contributed by atoms with Gasteiger partial charge in [0.25, 0.3) is 11.8 Å². The molecule has 0 saturated heterocycles. The molecule has 0 aromatic heterocycles. The minimum absolute atomic E-state index is 0.0734. The van der Waals surface area contributed by atoms with Gasteiger partial charge >= 0.3 is 0 Å². The summed E-state index contributed by atoms with van der Waals surface area (Å²) in [5, 5.41) is 0.119. The van der Waals surface area contributed by atoms with Crippen LogP contribution in [0.5, 0.6) is 0 Å². The van der Waals surface area contributed by atoms with E-state index < -0.39 is 45.2 Å². The fourth-order valence-electron chi connectivity index (χ4n) is 3.43. The maximum Gasteiger partial charge on any atom is 0.262 e. The van der Waals surface area contributed by atoms with E-state index in [-0.39, 0.29) is 34.7 Å². The van der Waals surface area contributed by atoms with Gasteiger partial charge in [-0.2, -0.15) is 0 Å². The number of hydrogen-bond donors (Lipinski definition) is 0. The molecule has 1 aliphatic heterocycles. The minimum atomic E-state index is -3.48. The third-order valence-corrected chi connectivity index (χ3v) is 6.35. The molecule has 7 nitrogen and oxygen atoms in total. The Morgan fingerprint density at radius 3 is 2.19 bits per heavy atom. The average molecular weight is 467 g/mol. The second-order valence-corrected chi connectivity index (χ2v) is 10.0. The molecule has 0 fully saturated rings. The number of nitrogens with zero attached hydrogens (tertiary/aromatic N) is 2. The highest BCUT2D eigenvalue weighted by molar-refractivity contribution is 7.90. The first-order valence-electron chi connectivity index (χ1n) is 9.33. The van der Waals surface area contributed by atoms with E-state index in [9.17, 15) is 27.2 Å². The predicted molar refractivity (Wildman–Crippen MR) is 113 cm³/mol. The van der Waals surface area contributed by atoms with Gasteiger partial charge in [-0.25, -0.2) is 12.8 Å². The van der Waals surface area contributed by atoms with Gasteiger partial charge in [0.05, 0.1) is 16.9 Å². The van der Waals surface area contributed by atoms with Gasteiger partial charge in [-0.15, -0.1) is 0 Å². The zero-order valence-electron chi connectivity index (χ0n) is 16.8. The zero-order valence-corrected chi connectivity index (χ0v) is 18.4. The van der Waals surface area contributed by atoms with E-state index in [0.29, 0.717) is 0 Å². The number of fused-ring (bicyclic) bond motifs is 1. The molecule has 0 radical (unpaired) electrons. The quantitative estimate of drug-likeness (QED) is 0.585. The monoisotopic (exact) mass is 466 g/mol. The van der Waals surface area contributed by atoms with Gasteiger partial charge in [-0.1, -0.05) is 29.8 Å². The van der Waals surface area contributed by atoms with Crippen LogP contribution in [0.1, 0.15) is 32.7 Å². The molecule has 0 saturated carbocycles. The Kier molecular flexibility index (Phi) is 6.47. The maximum atomic E-state index is 14.2. The first-order chi connectivity index (χ1) is 14.5. The second-order valence-electron chi connectivity index (χ2n) is 7.35. The van der Waals surface area contributed by atoms with Crippen LogP contribution in [-0.4, -0.2) is 61.0 Å². The number of hydrogen-bond acceptors (Lipinski definition) is 5. The van der Waals surface area contributed by atoms with Crippen molar-refractivity contribution < 1.29 is 27.2 Å². The van der Waals surface area contributed by atoms with Crippen LogP contribution in [0.15, 0.2) is 42.5 Å². The van der Waals surface area contributed by atoms with Crippen molar-refractivity contribution in [3.05, 3.63) is 70.0 Å². The van der Waals surface area contributed by atoms with Gasteiger partial charge in [0.2, 0.25) is 5.91 Å². The lowest BCUT2D eigenvalue weighted by Gasteiger charge is -2.29. The first kappa shape index (κ1) is 22.9. The SMILES string of the molecule is CN(Cc1c(F)cccc1Cl)C(=O)[C@H](CCS(C)(=O)=O)N1C(=O)c2ccccc2C1=O. The molecule has 0 aliphatic carbocycles. The van der Waals surface area contributed by atoms with Crippen molar-refractivity contribution in [2.24, 2.45) is 0 Å². The molecular weight excluding hydrogens is 447 g/mol. The summed E-state index contributed by atoms with van der Waals surface area (Å²) in [6, 6.07) is 8.86. The Balaban J connectivity index is 1.93. The first-order valence-corrected chi connectivity index (χ1v) is 11.8. The normalized spacial score (nSPS) is 14.5. The summed E-state index contributed by atoms with van der Waals surface area (Å²) in [6.07, 6.45) is 0.720. The predicted octanol–water partition coefficient (Wildman–Crippen LogP) is 2.54. The number of benzene rings is 2. The molecule has 0 bridgehead atoms. The topological polar surface area (TPSA) is 91.8 Å². The Labute approximate surface area is 184 Å². The molecule has 3 amide bonds. The smallest absolute Gasteiger partial charge is 0.262 e. The fourth-order valence-corrected chi connectivity index (χ4v) is 4.31. The number of halogens is 2. The van der Waals surface area contributed by atoms with Gasteiger partial charge in [0.15, 0.2) is 0 Å². The molecule has 1 atom stereocenters. The highest BCUT2D eigenvalue weighted by Crippen LogP contribution is 2.27. The third-order valence-electron chi connectivity index (χ3n) is 5.02. The molecule has 3 rings (SSSR count). The summed E-state index contributed by atoms with van der Waals surface area (Å²) in [6.45, 7) is -0.219. The number of carbonyl (C=O) groups excluding carboxylic acids is 3. The maximum absolute atomic E-state index is 14.2. The summed E-state index contributed by atoms with van der Waals surface area (Å²) in [5.74, 6) is -3.07. The van der Waals surface area contributed by atoms with Crippen molar-refractivity contribution in [1.29, 1.82) is 0 Å². The lowest BCUT2D eigenvalue weighted by atomic mass is 10.1. The fraction of sp³-hybridized carbons (Fsp3) is 0.286. The summed E-state index contributed by atoms with van der Waals surface area (Å²) in [5.41, 5.74) is 0.359. The summed E-state index contributed by atoms with van der Waals surface area (Å²) in [7, 11) is -2.11. The molecule has 1 heterocycles. The average Bonchev–Trinajstić information content (AvgIpc) is 2.95. The highest BCUT2D eigenvalue weighted by Gasteiger charge is 2.43. The molecule has 2 aromatic rings. The highest BCUT2D eigenvalue weighted by atomic mass is 35.5. The van der Waals surface area contributed by atoms with Crippen LogP contribution in [0.2, 0.25) is 5.02 Å². The lowest BCUT2D eigenvalue weighted by Crippen LogP contribution is -2.50. The number of likely N-dealkylation sites (N-methyl/N-ethyl adjacent to an activating group) is 1. The number of rotatable bonds is 7. The number of sulfone groups is 1. The van der Waals surface area contributed by atoms with Crippen molar-refractivity contribution in [3.8, 4) is 0 Å². The van der Waals surface area contributed by atoms with E-state index in [1.54, 1.807) is 12.1 Å². The largest absolute Gasteiger partial charge is 0.339 e. The van der Waals surface area contributed by atoms with Crippen LogP contribution in [0, 0.1) is 5.82 Å². The number of imide groups is 1. The van der Waals surface area contributed by atoms with Crippen molar-refractivity contribution in [2.45, 2.75) is 19.0 Å². The molecule has 0 spiro atoms. The summed E-state index contributed by atoms with van der Waals surface area (Å²) < 4.78 is 37.6. The van der Waals surface area contributed by atoms with Crippen LogP contribution in [0.25, 0.3) is 0 Å².